The van der Waals surface area contributed by atoms with Crippen LogP contribution in [0.3, 0.4) is 0 Å². The van der Waals surface area contributed by atoms with E-state index in [1.807, 2.05) is 36.4 Å². The topological polar surface area (TPSA) is 41.1 Å². The summed E-state index contributed by atoms with van der Waals surface area (Å²) in [6.45, 7) is 1.27. The Morgan fingerprint density at radius 3 is 2.14 bits per heavy atom. The third-order valence-corrected chi connectivity index (χ3v) is 4.12. The number of nitrogens with one attached hydrogen (secondary N) is 2. The Hall–Kier alpha value is -2.29. The quantitative estimate of drug-likeness (QED) is 0.867. The molecule has 0 aliphatic heterocycles. The van der Waals surface area contributed by atoms with Crippen LogP contribution in [0, 0.1) is 0 Å². The van der Waals surface area contributed by atoms with Crippen LogP contribution in [-0.2, 0) is 12.0 Å². The Labute approximate surface area is 125 Å². The highest BCUT2D eigenvalue weighted by Gasteiger charge is 2.44. The molecule has 3 nitrogen and oxygen atoms in total. The van der Waals surface area contributed by atoms with Gasteiger partial charge in [0.2, 0.25) is 0 Å². The second kappa shape index (κ2) is 6.00. The van der Waals surface area contributed by atoms with Crippen molar-refractivity contribution in [3.63, 3.8) is 0 Å². The minimum absolute atomic E-state index is 0.0962. The number of rotatable bonds is 5. The fourth-order valence-corrected chi connectivity index (χ4v) is 2.60. The van der Waals surface area contributed by atoms with Gasteiger partial charge in [0.25, 0.3) is 0 Å². The molecule has 1 aliphatic carbocycles. The van der Waals surface area contributed by atoms with Crippen LogP contribution in [0.4, 0.5) is 4.79 Å². The summed E-state index contributed by atoms with van der Waals surface area (Å²) in [6.07, 6.45) is 2.30. The van der Waals surface area contributed by atoms with Crippen LogP contribution < -0.4 is 10.6 Å². The summed E-state index contributed by atoms with van der Waals surface area (Å²) < 4.78 is 0. The Morgan fingerprint density at radius 1 is 0.905 bits per heavy atom. The summed E-state index contributed by atoms with van der Waals surface area (Å²) in [5, 5.41) is 5.90. The molecule has 0 heterocycles. The first kappa shape index (κ1) is 13.7. The lowest BCUT2D eigenvalue weighted by Gasteiger charge is -2.17. The molecule has 0 unspecified atom stereocenters. The summed E-state index contributed by atoms with van der Waals surface area (Å²) >= 11 is 0. The van der Waals surface area contributed by atoms with E-state index in [1.54, 1.807) is 0 Å². The summed E-state index contributed by atoms with van der Waals surface area (Å²) in [6, 6.07) is 20.3. The molecule has 2 aromatic rings. The zero-order valence-electron chi connectivity index (χ0n) is 12.0. The van der Waals surface area contributed by atoms with E-state index < -0.39 is 0 Å². The average molecular weight is 280 g/mol. The van der Waals surface area contributed by atoms with Gasteiger partial charge in [0.15, 0.2) is 0 Å². The van der Waals surface area contributed by atoms with Gasteiger partial charge in [-0.15, -0.1) is 0 Å². The van der Waals surface area contributed by atoms with E-state index in [0.717, 1.165) is 18.4 Å². The lowest BCUT2D eigenvalue weighted by Crippen LogP contribution is -2.39. The predicted octanol–water partition coefficient (Wildman–Crippen LogP) is 3.22. The zero-order valence-corrected chi connectivity index (χ0v) is 12.0. The first-order chi connectivity index (χ1) is 10.3. The van der Waals surface area contributed by atoms with Crippen LogP contribution in [0.25, 0.3) is 0 Å². The molecule has 2 amide bonds. The van der Waals surface area contributed by atoms with E-state index in [-0.39, 0.29) is 11.4 Å². The van der Waals surface area contributed by atoms with Crippen molar-refractivity contribution in [1.82, 2.24) is 10.6 Å². The van der Waals surface area contributed by atoms with Gasteiger partial charge in [-0.2, -0.15) is 0 Å². The maximum absolute atomic E-state index is 11.9. The van der Waals surface area contributed by atoms with Gasteiger partial charge in [0.05, 0.1) is 0 Å². The molecule has 2 aromatic carbocycles. The summed E-state index contributed by atoms with van der Waals surface area (Å²) in [5.41, 5.74) is 2.59. The molecule has 0 spiro atoms. The lowest BCUT2D eigenvalue weighted by atomic mass is 9.96. The summed E-state index contributed by atoms with van der Waals surface area (Å²) in [7, 11) is 0. The van der Waals surface area contributed by atoms with Crippen molar-refractivity contribution in [2.24, 2.45) is 0 Å². The largest absolute Gasteiger partial charge is 0.337 e. The van der Waals surface area contributed by atoms with Gasteiger partial charge in [0, 0.05) is 18.5 Å². The second-order valence-electron chi connectivity index (χ2n) is 5.67. The van der Waals surface area contributed by atoms with Gasteiger partial charge in [-0.3, -0.25) is 0 Å². The van der Waals surface area contributed by atoms with Crippen LogP contribution in [0.2, 0.25) is 0 Å². The van der Waals surface area contributed by atoms with E-state index in [2.05, 4.69) is 34.9 Å². The molecule has 3 heteroatoms. The molecule has 0 atom stereocenters. The normalized spacial score (nSPS) is 15.2. The van der Waals surface area contributed by atoms with Crippen LogP contribution in [0.1, 0.15) is 24.0 Å². The number of benzene rings is 2. The predicted molar refractivity (Wildman–Crippen MR) is 84.0 cm³/mol. The first-order valence-electron chi connectivity index (χ1n) is 7.40. The van der Waals surface area contributed by atoms with Gasteiger partial charge in [0.1, 0.15) is 0 Å². The highest BCUT2D eigenvalue weighted by molar-refractivity contribution is 5.74. The van der Waals surface area contributed by atoms with Crippen molar-refractivity contribution >= 4 is 6.03 Å². The Balaban J connectivity index is 1.48. The maximum atomic E-state index is 11.9. The molecule has 108 valence electrons. The van der Waals surface area contributed by atoms with Gasteiger partial charge < -0.3 is 10.6 Å². The third kappa shape index (κ3) is 3.43. The first-order valence-corrected chi connectivity index (χ1v) is 7.40. The molecule has 0 saturated heterocycles. The number of amides is 2. The van der Waals surface area contributed by atoms with Crippen molar-refractivity contribution in [2.75, 3.05) is 6.54 Å². The zero-order chi connectivity index (χ0) is 14.5. The number of carbonyl (C=O) groups excluding carboxylic acids is 1. The van der Waals surface area contributed by atoms with E-state index in [9.17, 15) is 4.79 Å². The van der Waals surface area contributed by atoms with Crippen molar-refractivity contribution in [2.45, 2.75) is 24.8 Å². The van der Waals surface area contributed by atoms with Crippen LogP contribution in [-0.4, -0.2) is 12.6 Å². The number of hydrogen-bond donors (Lipinski definition) is 2. The van der Waals surface area contributed by atoms with Crippen molar-refractivity contribution in [3.05, 3.63) is 71.8 Å². The van der Waals surface area contributed by atoms with Gasteiger partial charge in [-0.05, 0) is 24.0 Å². The molecular formula is C18H20N2O. The Kier molecular flexibility index (Phi) is 3.91. The molecule has 21 heavy (non-hydrogen) atoms. The number of carbonyl (C=O) groups is 1. The molecule has 2 N–H and O–H groups in total. The molecule has 1 saturated carbocycles. The SMILES string of the molecule is O=C(NCc1ccccc1)NCC1(c2ccccc2)CC1. The fraction of sp³-hybridized carbons (Fsp3) is 0.278. The molecule has 1 aliphatic rings. The number of urea groups is 1. The minimum atomic E-state index is -0.0962. The van der Waals surface area contributed by atoms with Crippen molar-refractivity contribution < 1.29 is 4.79 Å². The van der Waals surface area contributed by atoms with Crippen LogP contribution in [0.15, 0.2) is 60.7 Å². The van der Waals surface area contributed by atoms with Crippen LogP contribution in [0.5, 0.6) is 0 Å². The highest BCUT2D eigenvalue weighted by atomic mass is 16.2. The standard InChI is InChI=1S/C18H20N2O/c21-17(19-13-15-7-3-1-4-8-15)20-14-18(11-12-18)16-9-5-2-6-10-16/h1-10H,11-14H2,(H2,19,20,21). The molecule has 0 bridgehead atoms. The third-order valence-electron chi connectivity index (χ3n) is 4.12. The highest BCUT2D eigenvalue weighted by Crippen LogP contribution is 2.47. The molecular weight excluding hydrogens is 260 g/mol. The van der Waals surface area contributed by atoms with E-state index >= 15 is 0 Å². The van der Waals surface area contributed by atoms with Gasteiger partial charge >= 0.3 is 6.03 Å². The Morgan fingerprint density at radius 2 is 1.52 bits per heavy atom. The smallest absolute Gasteiger partial charge is 0.315 e. The Bertz CT molecular complexity index is 591. The average Bonchev–Trinajstić information content (AvgIpc) is 3.34. The molecule has 1 fully saturated rings. The monoisotopic (exact) mass is 280 g/mol. The molecule has 0 radical (unpaired) electrons. The lowest BCUT2D eigenvalue weighted by molar-refractivity contribution is 0.239. The molecule has 3 rings (SSSR count). The van der Waals surface area contributed by atoms with Crippen molar-refractivity contribution in [1.29, 1.82) is 0 Å². The molecule has 0 aromatic heterocycles. The van der Waals surface area contributed by atoms with E-state index in [0.29, 0.717) is 13.1 Å². The van der Waals surface area contributed by atoms with E-state index in [1.165, 1.54) is 5.56 Å². The van der Waals surface area contributed by atoms with Gasteiger partial charge in [-0.1, -0.05) is 60.7 Å². The van der Waals surface area contributed by atoms with Crippen LogP contribution >= 0.6 is 0 Å². The minimum Gasteiger partial charge on any atom is -0.337 e. The van der Waals surface area contributed by atoms with Crippen molar-refractivity contribution in [3.8, 4) is 0 Å². The summed E-state index contributed by atoms with van der Waals surface area (Å²) in [4.78, 5) is 11.9. The summed E-state index contributed by atoms with van der Waals surface area (Å²) in [5.74, 6) is 0. The number of hydrogen-bond acceptors (Lipinski definition) is 1. The van der Waals surface area contributed by atoms with E-state index in [4.69, 9.17) is 0 Å². The fourth-order valence-electron chi connectivity index (χ4n) is 2.60. The second-order valence-corrected chi connectivity index (χ2v) is 5.67. The van der Waals surface area contributed by atoms with Gasteiger partial charge in [-0.25, -0.2) is 4.79 Å². The maximum Gasteiger partial charge on any atom is 0.315 e.